The van der Waals surface area contributed by atoms with Crippen LogP contribution in [0.1, 0.15) is 22.2 Å². The molecule has 28 heavy (non-hydrogen) atoms. The summed E-state index contributed by atoms with van der Waals surface area (Å²) in [7, 11) is 4.04. The van der Waals surface area contributed by atoms with Crippen molar-refractivity contribution in [3.8, 4) is 0 Å². The highest BCUT2D eigenvalue weighted by atomic mass is 32.2. The largest absolute Gasteiger partial charge is 0.336 e. The van der Waals surface area contributed by atoms with E-state index in [0.29, 0.717) is 6.54 Å². The zero-order valence-corrected chi connectivity index (χ0v) is 18.8. The summed E-state index contributed by atoms with van der Waals surface area (Å²) in [6, 6.07) is 10.1. The van der Waals surface area contributed by atoms with Crippen molar-refractivity contribution in [2.45, 2.75) is 29.1 Å². The van der Waals surface area contributed by atoms with Gasteiger partial charge in [-0.15, -0.1) is 22.7 Å². The third kappa shape index (κ3) is 5.57. The van der Waals surface area contributed by atoms with Gasteiger partial charge < -0.3 is 15.5 Å². The second-order valence-electron chi connectivity index (χ2n) is 6.66. The number of benzene rings is 1. The van der Waals surface area contributed by atoms with Crippen molar-refractivity contribution in [1.82, 2.24) is 15.2 Å². The molecule has 2 heterocycles. The Hall–Kier alpha value is -1.87. The molecule has 3 rings (SSSR count). The van der Waals surface area contributed by atoms with Gasteiger partial charge in [0, 0.05) is 33.1 Å². The van der Waals surface area contributed by atoms with Crippen LogP contribution in [-0.4, -0.2) is 36.6 Å². The van der Waals surface area contributed by atoms with E-state index in [1.54, 1.807) is 34.4 Å². The molecule has 0 fully saturated rings. The molecule has 0 aliphatic carbocycles. The monoisotopic (exact) mass is 432 g/mol. The first-order chi connectivity index (χ1) is 13.4. The molecule has 1 atom stereocenters. The third-order valence-electron chi connectivity index (χ3n) is 4.20. The maximum absolute atomic E-state index is 12.4. The SMILES string of the molecule is Cc1csc(Sc2ccc(NC(=O)NC[C@H](c3cccs3)N(C)C)c(C)c2)n1. The molecular formula is C20H24N4OS3. The van der Waals surface area contributed by atoms with Crippen molar-refractivity contribution in [2.24, 2.45) is 0 Å². The molecular weight excluding hydrogens is 408 g/mol. The van der Waals surface area contributed by atoms with Gasteiger partial charge in [0.25, 0.3) is 0 Å². The van der Waals surface area contributed by atoms with Gasteiger partial charge >= 0.3 is 6.03 Å². The highest BCUT2D eigenvalue weighted by Gasteiger charge is 2.16. The van der Waals surface area contributed by atoms with Crippen LogP contribution in [0.15, 0.2) is 50.3 Å². The lowest BCUT2D eigenvalue weighted by Crippen LogP contribution is -2.36. The van der Waals surface area contributed by atoms with E-state index in [1.807, 2.05) is 51.5 Å². The molecule has 2 amide bonds. The first kappa shape index (κ1) is 20.9. The van der Waals surface area contributed by atoms with Gasteiger partial charge in [-0.2, -0.15) is 0 Å². The maximum atomic E-state index is 12.4. The zero-order valence-electron chi connectivity index (χ0n) is 16.4. The molecule has 148 valence electrons. The number of carbonyl (C=O) groups excluding carboxylic acids is 1. The highest BCUT2D eigenvalue weighted by molar-refractivity contribution is 8.01. The fraction of sp³-hybridized carbons (Fsp3) is 0.300. The number of hydrogen-bond acceptors (Lipinski definition) is 6. The molecule has 0 saturated heterocycles. The lowest BCUT2D eigenvalue weighted by Gasteiger charge is -2.23. The van der Waals surface area contributed by atoms with Crippen LogP contribution < -0.4 is 10.6 Å². The number of rotatable bonds is 7. The van der Waals surface area contributed by atoms with Crippen molar-refractivity contribution < 1.29 is 4.79 Å². The van der Waals surface area contributed by atoms with E-state index >= 15 is 0 Å². The van der Waals surface area contributed by atoms with Crippen LogP contribution in [0, 0.1) is 13.8 Å². The van der Waals surface area contributed by atoms with E-state index in [9.17, 15) is 4.79 Å². The number of thiazole rings is 1. The van der Waals surface area contributed by atoms with Crippen molar-refractivity contribution in [1.29, 1.82) is 0 Å². The number of nitrogens with zero attached hydrogens (tertiary/aromatic N) is 2. The number of aromatic nitrogens is 1. The maximum Gasteiger partial charge on any atom is 0.319 e. The van der Waals surface area contributed by atoms with Crippen molar-refractivity contribution in [2.75, 3.05) is 26.0 Å². The third-order valence-corrected chi connectivity index (χ3v) is 7.22. The molecule has 0 unspecified atom stereocenters. The molecule has 0 bridgehead atoms. The number of anilines is 1. The van der Waals surface area contributed by atoms with Crippen LogP contribution >= 0.6 is 34.4 Å². The van der Waals surface area contributed by atoms with Gasteiger partial charge in [0.05, 0.1) is 6.04 Å². The van der Waals surface area contributed by atoms with Gasteiger partial charge in [0.2, 0.25) is 0 Å². The Labute approximate surface area is 178 Å². The number of amides is 2. The van der Waals surface area contributed by atoms with E-state index in [1.165, 1.54) is 4.88 Å². The van der Waals surface area contributed by atoms with Gasteiger partial charge in [0.1, 0.15) is 0 Å². The van der Waals surface area contributed by atoms with Gasteiger partial charge in [-0.3, -0.25) is 0 Å². The standard InChI is InChI=1S/C20H24N4OS3/c1-13-10-15(28-20-22-14(2)12-27-20)7-8-16(13)23-19(25)21-11-17(24(3)4)18-6-5-9-26-18/h5-10,12,17H,11H2,1-4H3,(H2,21,23,25)/t17-/m1/s1. The number of likely N-dealkylation sites (N-methyl/N-ethyl adjacent to an activating group) is 1. The quantitative estimate of drug-likeness (QED) is 0.525. The second-order valence-corrected chi connectivity index (χ2v) is 9.82. The summed E-state index contributed by atoms with van der Waals surface area (Å²) < 4.78 is 1.03. The Balaban J connectivity index is 1.57. The molecule has 1 aromatic carbocycles. The predicted octanol–water partition coefficient (Wildman–Crippen LogP) is 5.40. The van der Waals surface area contributed by atoms with Crippen LogP contribution in [0.5, 0.6) is 0 Å². The van der Waals surface area contributed by atoms with Crippen LogP contribution in [0.3, 0.4) is 0 Å². The average Bonchev–Trinajstić information content (AvgIpc) is 3.29. The Kier molecular flexibility index (Phi) is 7.12. The van der Waals surface area contributed by atoms with Gasteiger partial charge in [-0.25, -0.2) is 9.78 Å². The molecule has 5 nitrogen and oxygen atoms in total. The lowest BCUT2D eigenvalue weighted by molar-refractivity contribution is 0.244. The minimum absolute atomic E-state index is 0.160. The topological polar surface area (TPSA) is 57.3 Å². The molecule has 8 heteroatoms. The second kappa shape index (κ2) is 9.56. The van der Waals surface area contributed by atoms with Gasteiger partial charge in [-0.05, 0) is 63.2 Å². The predicted molar refractivity (Wildman–Crippen MR) is 120 cm³/mol. The summed E-state index contributed by atoms with van der Waals surface area (Å²) in [5.41, 5.74) is 2.88. The molecule has 0 spiro atoms. The Bertz CT molecular complexity index is 921. The average molecular weight is 433 g/mol. The molecule has 0 aliphatic rings. The summed E-state index contributed by atoms with van der Waals surface area (Å²) in [6.07, 6.45) is 0. The number of nitrogens with one attached hydrogen (secondary N) is 2. The smallest absolute Gasteiger partial charge is 0.319 e. The van der Waals surface area contributed by atoms with E-state index in [0.717, 1.165) is 26.2 Å². The van der Waals surface area contributed by atoms with E-state index in [4.69, 9.17) is 0 Å². The summed E-state index contributed by atoms with van der Waals surface area (Å²) in [5.74, 6) is 0. The van der Waals surface area contributed by atoms with Crippen molar-refractivity contribution in [3.63, 3.8) is 0 Å². The molecule has 0 aliphatic heterocycles. The molecule has 0 radical (unpaired) electrons. The molecule has 3 aromatic rings. The first-order valence-electron chi connectivity index (χ1n) is 8.87. The lowest BCUT2D eigenvalue weighted by atomic mass is 10.2. The molecule has 0 saturated carbocycles. The fourth-order valence-electron chi connectivity index (χ4n) is 2.69. The number of aryl methyl sites for hydroxylation is 2. The van der Waals surface area contributed by atoms with E-state index in [-0.39, 0.29) is 12.1 Å². The van der Waals surface area contributed by atoms with Crippen LogP contribution in [-0.2, 0) is 0 Å². The summed E-state index contributed by atoms with van der Waals surface area (Å²) in [6.45, 7) is 4.55. The van der Waals surface area contributed by atoms with Crippen LogP contribution in [0.2, 0.25) is 0 Å². The highest BCUT2D eigenvalue weighted by Crippen LogP contribution is 2.32. The summed E-state index contributed by atoms with van der Waals surface area (Å²) >= 11 is 4.99. The number of carbonyl (C=O) groups is 1. The zero-order chi connectivity index (χ0) is 20.1. The van der Waals surface area contributed by atoms with Gasteiger partial charge in [0.15, 0.2) is 4.34 Å². The number of urea groups is 1. The summed E-state index contributed by atoms with van der Waals surface area (Å²) in [4.78, 5) is 21.3. The molecule has 2 aromatic heterocycles. The van der Waals surface area contributed by atoms with Gasteiger partial charge in [-0.1, -0.05) is 17.8 Å². The Morgan fingerprint density at radius 1 is 1.25 bits per heavy atom. The van der Waals surface area contributed by atoms with Crippen molar-refractivity contribution in [3.05, 3.63) is 57.2 Å². The number of thiophene rings is 1. The van der Waals surface area contributed by atoms with Crippen LogP contribution in [0.25, 0.3) is 0 Å². The van der Waals surface area contributed by atoms with Crippen molar-refractivity contribution >= 4 is 46.2 Å². The summed E-state index contributed by atoms with van der Waals surface area (Å²) in [5, 5.41) is 10.0. The normalized spacial score (nSPS) is 12.2. The van der Waals surface area contributed by atoms with E-state index in [2.05, 4.69) is 38.0 Å². The first-order valence-corrected chi connectivity index (χ1v) is 11.5. The number of hydrogen-bond donors (Lipinski definition) is 2. The van der Waals surface area contributed by atoms with E-state index < -0.39 is 0 Å². The fourth-order valence-corrected chi connectivity index (χ4v) is 5.53. The van der Waals surface area contributed by atoms with Crippen LogP contribution in [0.4, 0.5) is 10.5 Å². The Morgan fingerprint density at radius 2 is 2.07 bits per heavy atom. The minimum atomic E-state index is -0.192. The minimum Gasteiger partial charge on any atom is -0.336 e. The Morgan fingerprint density at radius 3 is 2.68 bits per heavy atom. The molecule has 2 N–H and O–H groups in total.